The van der Waals surface area contributed by atoms with Gasteiger partial charge in [0.1, 0.15) is 0 Å². The van der Waals surface area contributed by atoms with Crippen molar-refractivity contribution in [3.05, 3.63) is 21.4 Å². The van der Waals surface area contributed by atoms with Crippen LogP contribution in [0.5, 0.6) is 0 Å². The van der Waals surface area contributed by atoms with Gasteiger partial charge in [0.2, 0.25) is 0 Å². The minimum Gasteiger partial charge on any atom is -0.384 e. The molecule has 0 bridgehead atoms. The average molecular weight is 198 g/mol. The second-order valence-electron chi connectivity index (χ2n) is 3.65. The molecule has 0 unspecified atom stereocenters. The minimum atomic E-state index is 0.653. The van der Waals surface area contributed by atoms with Gasteiger partial charge < -0.3 is 4.74 Å². The van der Waals surface area contributed by atoms with Gasteiger partial charge in [-0.2, -0.15) is 0 Å². The van der Waals surface area contributed by atoms with Crippen molar-refractivity contribution in [2.75, 3.05) is 13.7 Å². The van der Waals surface area contributed by atoms with Gasteiger partial charge in [-0.05, 0) is 24.5 Å². The van der Waals surface area contributed by atoms with Gasteiger partial charge in [0.25, 0.3) is 0 Å². The molecule has 1 aromatic rings. The predicted molar refractivity (Wildman–Crippen MR) is 58.7 cm³/mol. The number of ether oxygens (including phenoxy) is 1. The molecule has 0 radical (unpaired) electrons. The van der Waals surface area contributed by atoms with Gasteiger partial charge in [-0.15, -0.1) is 11.3 Å². The van der Waals surface area contributed by atoms with Gasteiger partial charge in [-0.1, -0.05) is 13.8 Å². The monoisotopic (exact) mass is 198 g/mol. The smallest absolute Gasteiger partial charge is 0.0510 e. The van der Waals surface area contributed by atoms with Crippen LogP contribution in [-0.4, -0.2) is 13.7 Å². The average Bonchev–Trinajstić information content (AvgIpc) is 2.44. The summed E-state index contributed by atoms with van der Waals surface area (Å²) in [7, 11) is 1.76. The molecule has 0 fully saturated rings. The van der Waals surface area contributed by atoms with Gasteiger partial charge >= 0.3 is 0 Å². The van der Waals surface area contributed by atoms with Crippen molar-refractivity contribution in [1.29, 1.82) is 0 Å². The molecule has 0 N–H and O–H groups in total. The van der Waals surface area contributed by atoms with E-state index in [1.807, 2.05) is 11.3 Å². The fourth-order valence-electron chi connectivity index (χ4n) is 1.27. The number of thiophene rings is 1. The van der Waals surface area contributed by atoms with Crippen LogP contribution in [-0.2, 0) is 11.2 Å². The number of hydrogen-bond donors (Lipinski definition) is 0. The van der Waals surface area contributed by atoms with E-state index >= 15 is 0 Å². The quantitative estimate of drug-likeness (QED) is 0.720. The second-order valence-corrected chi connectivity index (χ2v) is 4.82. The normalized spacial score (nSPS) is 11.2. The highest BCUT2D eigenvalue weighted by atomic mass is 32.1. The van der Waals surface area contributed by atoms with Crippen molar-refractivity contribution < 1.29 is 4.74 Å². The van der Waals surface area contributed by atoms with E-state index in [1.165, 1.54) is 15.3 Å². The lowest BCUT2D eigenvalue weighted by molar-refractivity contribution is 0.203. The summed E-state index contributed by atoms with van der Waals surface area (Å²) < 4.78 is 5.08. The maximum Gasteiger partial charge on any atom is 0.0510 e. The SMILES string of the molecule is COCCc1sc(C(C)C)cc1C. The van der Waals surface area contributed by atoms with E-state index < -0.39 is 0 Å². The molecular formula is C11H18OS. The molecule has 1 heterocycles. The molecule has 1 aromatic heterocycles. The van der Waals surface area contributed by atoms with Crippen molar-refractivity contribution in [3.63, 3.8) is 0 Å². The van der Waals surface area contributed by atoms with Gasteiger partial charge in [-0.25, -0.2) is 0 Å². The molecule has 2 heteroatoms. The highest BCUT2D eigenvalue weighted by molar-refractivity contribution is 7.12. The summed E-state index contributed by atoms with van der Waals surface area (Å²) in [5, 5.41) is 0. The minimum absolute atomic E-state index is 0.653. The number of aryl methyl sites for hydroxylation is 1. The van der Waals surface area contributed by atoms with Crippen LogP contribution in [0, 0.1) is 6.92 Å². The molecular weight excluding hydrogens is 180 g/mol. The number of rotatable bonds is 4. The molecule has 0 aromatic carbocycles. The van der Waals surface area contributed by atoms with E-state index in [-0.39, 0.29) is 0 Å². The lowest BCUT2D eigenvalue weighted by Gasteiger charge is -1.98. The molecule has 0 saturated heterocycles. The zero-order chi connectivity index (χ0) is 9.84. The first-order chi connectivity index (χ1) is 6.15. The maximum atomic E-state index is 5.08. The highest BCUT2D eigenvalue weighted by Gasteiger charge is 2.07. The van der Waals surface area contributed by atoms with Crippen LogP contribution >= 0.6 is 11.3 Å². The Morgan fingerprint density at radius 2 is 2.15 bits per heavy atom. The van der Waals surface area contributed by atoms with E-state index in [0.29, 0.717) is 5.92 Å². The number of hydrogen-bond acceptors (Lipinski definition) is 2. The highest BCUT2D eigenvalue weighted by Crippen LogP contribution is 2.28. The van der Waals surface area contributed by atoms with Crippen molar-refractivity contribution in [3.8, 4) is 0 Å². The number of methoxy groups -OCH3 is 1. The predicted octanol–water partition coefficient (Wildman–Crippen LogP) is 3.37. The molecule has 1 nitrogen and oxygen atoms in total. The topological polar surface area (TPSA) is 9.23 Å². The summed E-state index contributed by atoms with van der Waals surface area (Å²) in [5.41, 5.74) is 1.42. The fourth-order valence-corrected chi connectivity index (χ4v) is 2.43. The van der Waals surface area contributed by atoms with E-state index in [4.69, 9.17) is 4.74 Å². The van der Waals surface area contributed by atoms with Gasteiger partial charge in [0.15, 0.2) is 0 Å². The molecule has 0 atom stereocenters. The third-order valence-electron chi connectivity index (χ3n) is 2.14. The molecule has 0 amide bonds. The van der Waals surface area contributed by atoms with Gasteiger partial charge in [0.05, 0.1) is 6.61 Å². The molecule has 1 rings (SSSR count). The third kappa shape index (κ3) is 2.82. The summed E-state index contributed by atoms with van der Waals surface area (Å²) in [5.74, 6) is 0.653. The maximum absolute atomic E-state index is 5.08. The molecule has 0 aliphatic heterocycles. The largest absolute Gasteiger partial charge is 0.384 e. The first-order valence-electron chi connectivity index (χ1n) is 4.73. The Labute approximate surface area is 84.7 Å². The van der Waals surface area contributed by atoms with Crippen molar-refractivity contribution in [2.45, 2.75) is 33.1 Å². The summed E-state index contributed by atoms with van der Waals surface area (Å²) in [6.45, 7) is 7.50. The zero-order valence-electron chi connectivity index (χ0n) is 8.89. The Hall–Kier alpha value is -0.340. The Kier molecular flexibility index (Phi) is 3.94. The standard InChI is InChI=1S/C11H18OS/c1-8(2)11-7-9(3)10(13-11)5-6-12-4/h7-8H,5-6H2,1-4H3. The summed E-state index contributed by atoms with van der Waals surface area (Å²) in [6, 6.07) is 2.31. The Morgan fingerprint density at radius 3 is 2.62 bits per heavy atom. The zero-order valence-corrected chi connectivity index (χ0v) is 9.70. The lowest BCUT2D eigenvalue weighted by Crippen LogP contribution is -1.92. The van der Waals surface area contributed by atoms with E-state index in [1.54, 1.807) is 7.11 Å². The summed E-state index contributed by atoms with van der Waals surface area (Å²) in [4.78, 5) is 2.97. The first-order valence-corrected chi connectivity index (χ1v) is 5.55. The van der Waals surface area contributed by atoms with Crippen LogP contribution in [0.3, 0.4) is 0 Å². The molecule has 0 spiro atoms. The first kappa shape index (κ1) is 10.7. The molecule has 0 aliphatic carbocycles. The van der Waals surface area contributed by atoms with Crippen LogP contribution in [0.15, 0.2) is 6.07 Å². The Balaban J connectivity index is 2.71. The van der Waals surface area contributed by atoms with Crippen LogP contribution in [0.1, 0.15) is 35.1 Å². The van der Waals surface area contributed by atoms with Gasteiger partial charge in [0, 0.05) is 23.3 Å². The molecule has 0 aliphatic rings. The van der Waals surface area contributed by atoms with Gasteiger partial charge in [-0.3, -0.25) is 0 Å². The fraction of sp³-hybridized carbons (Fsp3) is 0.636. The van der Waals surface area contributed by atoms with Crippen molar-refractivity contribution in [2.24, 2.45) is 0 Å². The van der Waals surface area contributed by atoms with Crippen molar-refractivity contribution >= 4 is 11.3 Å². The third-order valence-corrected chi connectivity index (χ3v) is 3.74. The van der Waals surface area contributed by atoms with Crippen molar-refractivity contribution in [1.82, 2.24) is 0 Å². The second kappa shape index (κ2) is 4.77. The van der Waals surface area contributed by atoms with Crippen LogP contribution < -0.4 is 0 Å². The summed E-state index contributed by atoms with van der Waals surface area (Å²) >= 11 is 1.93. The Morgan fingerprint density at radius 1 is 1.46 bits per heavy atom. The lowest BCUT2D eigenvalue weighted by atomic mass is 10.1. The van der Waals surface area contributed by atoms with Crippen LogP contribution in [0.4, 0.5) is 0 Å². The van der Waals surface area contributed by atoms with E-state index in [0.717, 1.165) is 13.0 Å². The molecule has 74 valence electrons. The summed E-state index contributed by atoms with van der Waals surface area (Å²) in [6.07, 6.45) is 1.06. The van der Waals surface area contributed by atoms with E-state index in [2.05, 4.69) is 26.8 Å². The van der Waals surface area contributed by atoms with Crippen LogP contribution in [0.2, 0.25) is 0 Å². The Bertz CT molecular complexity index is 263. The molecule has 0 saturated carbocycles. The molecule has 13 heavy (non-hydrogen) atoms. The van der Waals surface area contributed by atoms with Crippen LogP contribution in [0.25, 0.3) is 0 Å². The van der Waals surface area contributed by atoms with E-state index in [9.17, 15) is 0 Å².